The number of methoxy groups -OCH3 is 1. The molecule has 0 amide bonds. The number of rotatable bonds is 4. The van der Waals surface area contributed by atoms with Crippen LogP contribution in [0.3, 0.4) is 0 Å². The summed E-state index contributed by atoms with van der Waals surface area (Å²) >= 11 is 0. The molecule has 1 aliphatic heterocycles. The van der Waals surface area contributed by atoms with Crippen molar-refractivity contribution in [2.24, 2.45) is 0 Å². The summed E-state index contributed by atoms with van der Waals surface area (Å²) in [6, 6.07) is 5.28. The highest BCUT2D eigenvalue weighted by Gasteiger charge is 2.24. The Kier molecular flexibility index (Phi) is 4.54. The molecule has 0 aromatic heterocycles. The fourth-order valence-corrected chi connectivity index (χ4v) is 1.80. The molecule has 0 spiro atoms. The summed E-state index contributed by atoms with van der Waals surface area (Å²) in [7, 11) is 1.51. The second-order valence-electron chi connectivity index (χ2n) is 3.93. The molecule has 5 nitrogen and oxygen atoms in total. The van der Waals surface area contributed by atoms with Gasteiger partial charge in [-0.25, -0.2) is 4.79 Å². The lowest BCUT2D eigenvalue weighted by Gasteiger charge is -2.25. The van der Waals surface area contributed by atoms with E-state index < -0.39 is 12.3 Å². The van der Waals surface area contributed by atoms with Crippen molar-refractivity contribution in [3.05, 3.63) is 36.4 Å². The summed E-state index contributed by atoms with van der Waals surface area (Å²) in [5.74, 6) is 0.203. The van der Waals surface area contributed by atoms with Crippen LogP contribution in [-0.4, -0.2) is 26.3 Å². The molecule has 5 heteroatoms. The van der Waals surface area contributed by atoms with Gasteiger partial charge in [-0.15, -0.1) is 0 Å². The fourth-order valence-electron chi connectivity index (χ4n) is 1.80. The maximum atomic E-state index is 11.4. The molecular weight excluding hydrogens is 248 g/mol. The molecular formula is C14H16O5. The van der Waals surface area contributed by atoms with E-state index in [-0.39, 0.29) is 0 Å². The Morgan fingerprint density at radius 1 is 1.42 bits per heavy atom. The van der Waals surface area contributed by atoms with E-state index in [1.54, 1.807) is 18.2 Å². The van der Waals surface area contributed by atoms with Gasteiger partial charge in [-0.3, -0.25) is 0 Å². The highest BCUT2D eigenvalue weighted by molar-refractivity contribution is 5.84. The number of para-hydroxylation sites is 1. The molecule has 0 N–H and O–H groups in total. The van der Waals surface area contributed by atoms with E-state index in [1.165, 1.54) is 7.11 Å². The van der Waals surface area contributed by atoms with Crippen LogP contribution in [0.15, 0.2) is 30.9 Å². The first-order chi connectivity index (χ1) is 9.26. The Balaban J connectivity index is 2.34. The molecule has 1 heterocycles. The minimum Gasteiger partial charge on any atom is -0.493 e. The van der Waals surface area contributed by atoms with E-state index >= 15 is 0 Å². The zero-order chi connectivity index (χ0) is 13.7. The summed E-state index contributed by atoms with van der Waals surface area (Å²) in [6.45, 7) is 4.59. The molecule has 0 saturated carbocycles. The van der Waals surface area contributed by atoms with Crippen molar-refractivity contribution < 1.29 is 23.7 Å². The SMILES string of the molecule is C=CC(=O)Oc1c(OC)cccc1C1OCCCO1. The number of hydrogen-bond donors (Lipinski definition) is 0. The third kappa shape index (κ3) is 3.13. The average molecular weight is 264 g/mol. The summed E-state index contributed by atoms with van der Waals surface area (Å²) in [6.07, 6.45) is 1.40. The standard InChI is InChI=1S/C14H16O5/c1-3-12(15)19-13-10(6-4-7-11(13)16-2)14-17-8-5-9-18-14/h3-4,6-7,14H,1,5,8-9H2,2H3. The molecule has 0 aliphatic carbocycles. The molecule has 0 unspecified atom stereocenters. The van der Waals surface area contributed by atoms with Gasteiger partial charge >= 0.3 is 5.97 Å². The van der Waals surface area contributed by atoms with Crippen LogP contribution in [0.25, 0.3) is 0 Å². The van der Waals surface area contributed by atoms with Crippen LogP contribution in [0.1, 0.15) is 18.3 Å². The molecule has 0 bridgehead atoms. The van der Waals surface area contributed by atoms with Gasteiger partial charge in [0.25, 0.3) is 0 Å². The third-order valence-electron chi connectivity index (χ3n) is 2.68. The maximum absolute atomic E-state index is 11.4. The quantitative estimate of drug-likeness (QED) is 0.474. The van der Waals surface area contributed by atoms with Crippen LogP contribution >= 0.6 is 0 Å². The number of benzene rings is 1. The van der Waals surface area contributed by atoms with E-state index in [4.69, 9.17) is 18.9 Å². The monoisotopic (exact) mass is 264 g/mol. The molecule has 2 rings (SSSR count). The van der Waals surface area contributed by atoms with Gasteiger partial charge in [0, 0.05) is 6.08 Å². The van der Waals surface area contributed by atoms with Gasteiger partial charge in [0.1, 0.15) is 0 Å². The van der Waals surface area contributed by atoms with Crippen molar-refractivity contribution in [3.63, 3.8) is 0 Å². The summed E-state index contributed by atoms with van der Waals surface area (Å²) in [5, 5.41) is 0. The minimum atomic E-state index is -0.554. The first-order valence-electron chi connectivity index (χ1n) is 6.00. The van der Waals surface area contributed by atoms with Gasteiger partial charge < -0.3 is 18.9 Å². The Labute approximate surface area is 111 Å². The van der Waals surface area contributed by atoms with E-state index in [2.05, 4.69) is 6.58 Å². The molecule has 0 radical (unpaired) electrons. The number of ether oxygens (including phenoxy) is 4. The highest BCUT2D eigenvalue weighted by atomic mass is 16.7. The van der Waals surface area contributed by atoms with Crippen molar-refractivity contribution in [2.75, 3.05) is 20.3 Å². The van der Waals surface area contributed by atoms with Crippen LogP contribution in [0.4, 0.5) is 0 Å². The predicted octanol–water partition coefficient (Wildman–Crippen LogP) is 2.22. The zero-order valence-corrected chi connectivity index (χ0v) is 10.8. The first-order valence-corrected chi connectivity index (χ1v) is 6.00. The van der Waals surface area contributed by atoms with Gasteiger partial charge in [0.2, 0.25) is 0 Å². The minimum absolute atomic E-state index is 0.307. The molecule has 19 heavy (non-hydrogen) atoms. The second-order valence-corrected chi connectivity index (χ2v) is 3.93. The normalized spacial score (nSPS) is 15.8. The van der Waals surface area contributed by atoms with Gasteiger partial charge in [-0.1, -0.05) is 12.6 Å². The summed E-state index contributed by atoms with van der Waals surface area (Å²) in [5.41, 5.74) is 0.634. The van der Waals surface area contributed by atoms with Crippen LogP contribution < -0.4 is 9.47 Å². The molecule has 0 atom stereocenters. The van der Waals surface area contributed by atoms with Crippen LogP contribution in [0.2, 0.25) is 0 Å². The lowest BCUT2D eigenvalue weighted by Crippen LogP contribution is -2.19. The maximum Gasteiger partial charge on any atom is 0.335 e. The van der Waals surface area contributed by atoms with Gasteiger partial charge in [-0.05, 0) is 18.6 Å². The van der Waals surface area contributed by atoms with Crippen LogP contribution in [0, 0.1) is 0 Å². The molecule has 1 aromatic rings. The number of hydrogen-bond acceptors (Lipinski definition) is 5. The topological polar surface area (TPSA) is 54.0 Å². The molecule has 102 valence electrons. The van der Waals surface area contributed by atoms with Crippen LogP contribution in [-0.2, 0) is 14.3 Å². The van der Waals surface area contributed by atoms with Gasteiger partial charge in [0.05, 0.1) is 25.9 Å². The largest absolute Gasteiger partial charge is 0.493 e. The van der Waals surface area contributed by atoms with Crippen molar-refractivity contribution >= 4 is 5.97 Å². The van der Waals surface area contributed by atoms with E-state index in [9.17, 15) is 4.79 Å². The summed E-state index contributed by atoms with van der Waals surface area (Å²) in [4.78, 5) is 11.4. The highest BCUT2D eigenvalue weighted by Crippen LogP contribution is 2.37. The Bertz CT molecular complexity index is 463. The van der Waals surface area contributed by atoms with Crippen molar-refractivity contribution in [1.82, 2.24) is 0 Å². The Morgan fingerprint density at radius 2 is 2.16 bits per heavy atom. The summed E-state index contributed by atoms with van der Waals surface area (Å²) < 4.78 is 21.5. The number of esters is 1. The Morgan fingerprint density at radius 3 is 2.79 bits per heavy atom. The van der Waals surface area contributed by atoms with Crippen LogP contribution in [0.5, 0.6) is 11.5 Å². The molecule has 1 fully saturated rings. The lowest BCUT2D eigenvalue weighted by molar-refractivity contribution is -0.183. The predicted molar refractivity (Wildman–Crippen MR) is 68.1 cm³/mol. The molecule has 1 aliphatic rings. The fraction of sp³-hybridized carbons (Fsp3) is 0.357. The molecule has 1 saturated heterocycles. The number of carbonyl (C=O) groups is 1. The van der Waals surface area contributed by atoms with Crippen molar-refractivity contribution in [3.8, 4) is 11.5 Å². The van der Waals surface area contributed by atoms with Gasteiger partial charge in [-0.2, -0.15) is 0 Å². The van der Waals surface area contributed by atoms with E-state index in [0.29, 0.717) is 30.3 Å². The number of carbonyl (C=O) groups excluding carboxylic acids is 1. The average Bonchev–Trinajstić information content (AvgIpc) is 2.48. The first kappa shape index (κ1) is 13.6. The smallest absolute Gasteiger partial charge is 0.335 e. The zero-order valence-electron chi connectivity index (χ0n) is 10.8. The second kappa shape index (κ2) is 6.36. The van der Waals surface area contributed by atoms with Crippen molar-refractivity contribution in [1.29, 1.82) is 0 Å². The van der Waals surface area contributed by atoms with E-state index in [0.717, 1.165) is 12.5 Å². The van der Waals surface area contributed by atoms with E-state index in [1.807, 2.05) is 0 Å². The van der Waals surface area contributed by atoms with Gasteiger partial charge in [0.15, 0.2) is 17.8 Å². The Hall–Kier alpha value is -1.85. The molecule has 1 aromatic carbocycles. The van der Waals surface area contributed by atoms with Crippen molar-refractivity contribution in [2.45, 2.75) is 12.7 Å². The lowest BCUT2D eigenvalue weighted by atomic mass is 10.1. The third-order valence-corrected chi connectivity index (χ3v) is 2.68.